The van der Waals surface area contributed by atoms with Gasteiger partial charge in [-0.15, -0.1) is 0 Å². The smallest absolute Gasteiger partial charge is 0.255 e. The highest BCUT2D eigenvalue weighted by molar-refractivity contribution is 6.30. The number of halogens is 1. The fourth-order valence-electron chi connectivity index (χ4n) is 1.40. The van der Waals surface area contributed by atoms with Crippen molar-refractivity contribution in [2.45, 2.75) is 12.5 Å². The average molecular weight is 254 g/mol. The Morgan fingerprint density at radius 2 is 2.29 bits per heavy atom. The lowest BCUT2D eigenvalue weighted by Crippen LogP contribution is -2.06. The Hall–Kier alpha value is -1.43. The molecular formula is C11H12ClN3O2. The molecule has 0 bridgehead atoms. The van der Waals surface area contributed by atoms with Crippen LogP contribution in [0.15, 0.2) is 28.8 Å². The normalized spacial score (nSPS) is 12.6. The Balaban J connectivity index is 2.23. The Labute approximate surface area is 103 Å². The van der Waals surface area contributed by atoms with Crippen LogP contribution in [0.5, 0.6) is 0 Å². The van der Waals surface area contributed by atoms with Gasteiger partial charge in [-0.3, -0.25) is 0 Å². The summed E-state index contributed by atoms with van der Waals surface area (Å²) >= 11 is 5.86. The molecule has 1 heterocycles. The van der Waals surface area contributed by atoms with Crippen LogP contribution in [0.3, 0.4) is 0 Å². The summed E-state index contributed by atoms with van der Waals surface area (Å²) in [4.78, 5) is 4.10. The number of aliphatic hydroxyl groups is 1. The molecule has 90 valence electrons. The predicted molar refractivity (Wildman–Crippen MR) is 63.4 cm³/mol. The molecule has 0 saturated heterocycles. The average Bonchev–Trinajstić information content (AvgIpc) is 2.78. The monoisotopic (exact) mass is 253 g/mol. The summed E-state index contributed by atoms with van der Waals surface area (Å²) in [6.45, 7) is 0.357. The van der Waals surface area contributed by atoms with Crippen molar-refractivity contribution in [2.24, 2.45) is 5.73 Å². The Bertz CT molecular complexity index is 501. The minimum atomic E-state index is -0.819. The van der Waals surface area contributed by atoms with E-state index in [1.165, 1.54) is 0 Å². The molecule has 0 aliphatic heterocycles. The maximum Gasteiger partial charge on any atom is 0.255 e. The largest absolute Gasteiger partial charge is 0.383 e. The summed E-state index contributed by atoms with van der Waals surface area (Å²) in [5.41, 5.74) is 6.08. The summed E-state index contributed by atoms with van der Waals surface area (Å²) in [6.07, 6.45) is -0.433. The van der Waals surface area contributed by atoms with Crippen molar-refractivity contribution < 1.29 is 9.63 Å². The number of aliphatic hydroxyl groups excluding tert-OH is 1. The van der Waals surface area contributed by atoms with Gasteiger partial charge in [-0.1, -0.05) is 28.9 Å². The maximum absolute atomic E-state index is 9.63. The van der Waals surface area contributed by atoms with E-state index in [-0.39, 0.29) is 5.89 Å². The number of hydrogen-bond acceptors (Lipinski definition) is 5. The van der Waals surface area contributed by atoms with Gasteiger partial charge in [0.15, 0.2) is 0 Å². The highest BCUT2D eigenvalue weighted by atomic mass is 35.5. The van der Waals surface area contributed by atoms with E-state index in [9.17, 15) is 5.11 Å². The van der Waals surface area contributed by atoms with Crippen LogP contribution in [0.25, 0.3) is 11.4 Å². The second kappa shape index (κ2) is 5.27. The van der Waals surface area contributed by atoms with Crippen molar-refractivity contribution in [3.63, 3.8) is 0 Å². The molecular weight excluding hydrogens is 242 g/mol. The van der Waals surface area contributed by atoms with E-state index in [1.807, 2.05) is 6.07 Å². The molecule has 0 spiro atoms. The third-order valence-corrected chi connectivity index (χ3v) is 2.48. The van der Waals surface area contributed by atoms with Crippen LogP contribution in [0.1, 0.15) is 18.4 Å². The molecule has 17 heavy (non-hydrogen) atoms. The molecule has 1 atom stereocenters. The van der Waals surface area contributed by atoms with Crippen LogP contribution in [-0.2, 0) is 0 Å². The summed E-state index contributed by atoms with van der Waals surface area (Å²) in [5, 5.41) is 14.0. The molecule has 0 aliphatic carbocycles. The molecule has 0 radical (unpaired) electrons. The predicted octanol–water partition coefficient (Wildman–Crippen LogP) is 1.77. The number of benzene rings is 1. The third-order valence-electron chi connectivity index (χ3n) is 2.25. The van der Waals surface area contributed by atoms with Gasteiger partial charge in [0, 0.05) is 10.6 Å². The fraction of sp³-hybridized carbons (Fsp3) is 0.273. The first kappa shape index (κ1) is 12.0. The standard InChI is InChI=1S/C11H12ClN3O2/c12-8-3-1-2-7(6-8)10-14-11(17-15-10)9(16)4-5-13/h1-3,6,9,16H,4-5,13H2. The van der Waals surface area contributed by atoms with Gasteiger partial charge < -0.3 is 15.4 Å². The quantitative estimate of drug-likeness (QED) is 0.867. The van der Waals surface area contributed by atoms with Gasteiger partial charge in [-0.2, -0.15) is 4.98 Å². The van der Waals surface area contributed by atoms with Crippen molar-refractivity contribution in [1.29, 1.82) is 0 Å². The van der Waals surface area contributed by atoms with E-state index in [1.54, 1.807) is 18.2 Å². The van der Waals surface area contributed by atoms with Crippen LogP contribution in [-0.4, -0.2) is 21.8 Å². The van der Waals surface area contributed by atoms with Gasteiger partial charge in [0.2, 0.25) is 5.82 Å². The number of nitrogens with two attached hydrogens (primary N) is 1. The molecule has 0 aliphatic rings. The lowest BCUT2D eigenvalue weighted by molar-refractivity contribution is 0.127. The van der Waals surface area contributed by atoms with Crippen molar-refractivity contribution in [1.82, 2.24) is 10.1 Å². The molecule has 0 amide bonds. The molecule has 2 aromatic rings. The van der Waals surface area contributed by atoms with Gasteiger partial charge in [0.05, 0.1) is 0 Å². The van der Waals surface area contributed by atoms with E-state index in [4.69, 9.17) is 21.9 Å². The van der Waals surface area contributed by atoms with Gasteiger partial charge in [0.25, 0.3) is 5.89 Å². The van der Waals surface area contributed by atoms with Crippen LogP contribution in [0, 0.1) is 0 Å². The number of rotatable bonds is 4. The molecule has 6 heteroatoms. The Kier molecular flexibility index (Phi) is 3.73. The first-order valence-electron chi connectivity index (χ1n) is 5.18. The zero-order valence-electron chi connectivity index (χ0n) is 9.01. The molecule has 5 nitrogen and oxygen atoms in total. The van der Waals surface area contributed by atoms with Gasteiger partial charge >= 0.3 is 0 Å². The van der Waals surface area contributed by atoms with E-state index >= 15 is 0 Å². The summed E-state index contributed by atoms with van der Waals surface area (Å²) < 4.78 is 4.96. The first-order chi connectivity index (χ1) is 8.20. The lowest BCUT2D eigenvalue weighted by Gasteiger charge is -2.01. The minimum absolute atomic E-state index is 0.172. The van der Waals surface area contributed by atoms with Crippen LogP contribution < -0.4 is 5.73 Å². The van der Waals surface area contributed by atoms with E-state index in [0.717, 1.165) is 5.56 Å². The number of nitrogens with zero attached hydrogens (tertiary/aromatic N) is 2. The zero-order valence-corrected chi connectivity index (χ0v) is 9.76. The first-order valence-corrected chi connectivity index (χ1v) is 5.56. The van der Waals surface area contributed by atoms with E-state index in [2.05, 4.69) is 10.1 Å². The second-order valence-electron chi connectivity index (χ2n) is 3.56. The highest BCUT2D eigenvalue weighted by Crippen LogP contribution is 2.22. The second-order valence-corrected chi connectivity index (χ2v) is 4.00. The third kappa shape index (κ3) is 2.82. The van der Waals surface area contributed by atoms with E-state index < -0.39 is 6.10 Å². The molecule has 3 N–H and O–H groups in total. The fourth-order valence-corrected chi connectivity index (χ4v) is 1.59. The SMILES string of the molecule is NCCC(O)c1nc(-c2cccc(Cl)c2)no1. The van der Waals surface area contributed by atoms with Crippen LogP contribution >= 0.6 is 11.6 Å². The number of hydrogen-bond donors (Lipinski definition) is 2. The van der Waals surface area contributed by atoms with Crippen LogP contribution in [0.4, 0.5) is 0 Å². The molecule has 1 aromatic carbocycles. The zero-order chi connectivity index (χ0) is 12.3. The van der Waals surface area contributed by atoms with Crippen molar-refractivity contribution in [2.75, 3.05) is 6.54 Å². The Morgan fingerprint density at radius 3 is 3.00 bits per heavy atom. The van der Waals surface area contributed by atoms with Gasteiger partial charge in [-0.05, 0) is 25.1 Å². The molecule has 1 unspecified atom stereocenters. The van der Waals surface area contributed by atoms with E-state index in [0.29, 0.717) is 23.8 Å². The number of aromatic nitrogens is 2. The maximum atomic E-state index is 9.63. The minimum Gasteiger partial charge on any atom is -0.383 e. The molecule has 0 fully saturated rings. The van der Waals surface area contributed by atoms with Gasteiger partial charge in [-0.25, -0.2) is 0 Å². The van der Waals surface area contributed by atoms with Crippen molar-refractivity contribution in [3.8, 4) is 11.4 Å². The summed E-state index contributed by atoms with van der Waals surface area (Å²) in [5.74, 6) is 0.573. The topological polar surface area (TPSA) is 85.2 Å². The van der Waals surface area contributed by atoms with Crippen LogP contribution in [0.2, 0.25) is 5.02 Å². The highest BCUT2D eigenvalue weighted by Gasteiger charge is 2.16. The molecule has 0 saturated carbocycles. The van der Waals surface area contributed by atoms with Gasteiger partial charge in [0.1, 0.15) is 6.10 Å². The van der Waals surface area contributed by atoms with Crippen molar-refractivity contribution in [3.05, 3.63) is 35.2 Å². The lowest BCUT2D eigenvalue weighted by atomic mass is 10.2. The molecule has 2 rings (SSSR count). The molecule has 1 aromatic heterocycles. The summed E-state index contributed by atoms with van der Waals surface area (Å²) in [7, 11) is 0. The summed E-state index contributed by atoms with van der Waals surface area (Å²) in [6, 6.07) is 7.10. The van der Waals surface area contributed by atoms with Crippen molar-refractivity contribution >= 4 is 11.6 Å². The Morgan fingerprint density at radius 1 is 1.47 bits per heavy atom.